The normalized spacial score (nSPS) is 19.6. The van der Waals surface area contributed by atoms with Crippen molar-refractivity contribution in [1.82, 2.24) is 14.3 Å². The van der Waals surface area contributed by atoms with Crippen molar-refractivity contribution in [3.8, 4) is 0 Å². The van der Waals surface area contributed by atoms with Gasteiger partial charge in [-0.2, -0.15) is 4.31 Å². The summed E-state index contributed by atoms with van der Waals surface area (Å²) in [6.45, 7) is 1.15. The zero-order valence-corrected chi connectivity index (χ0v) is 21.1. The molecule has 1 aliphatic heterocycles. The molecule has 1 N–H and O–H groups in total. The topological polar surface area (TPSA) is 69.3 Å². The van der Waals surface area contributed by atoms with Gasteiger partial charge >= 0.3 is 0 Å². The molecule has 186 valence electrons. The molecule has 1 unspecified atom stereocenters. The number of halogens is 2. The number of nitrogens with zero attached hydrogens (tertiary/aromatic N) is 3. The van der Waals surface area contributed by atoms with Gasteiger partial charge in [-0.1, -0.05) is 55.5 Å². The van der Waals surface area contributed by atoms with Crippen LogP contribution < -0.4 is 4.90 Å². The molecule has 35 heavy (non-hydrogen) atoms. The molecule has 0 bridgehead atoms. The third-order valence-corrected chi connectivity index (χ3v) is 9.42. The van der Waals surface area contributed by atoms with E-state index in [4.69, 9.17) is 11.6 Å². The number of benzene rings is 2. The molecule has 2 aromatic carbocycles. The summed E-state index contributed by atoms with van der Waals surface area (Å²) in [6, 6.07) is 11.6. The van der Waals surface area contributed by atoms with Crippen molar-refractivity contribution in [2.75, 3.05) is 11.4 Å². The number of fused-ring (bicyclic) bond motifs is 1. The lowest BCUT2D eigenvalue weighted by Crippen LogP contribution is -2.43. The van der Waals surface area contributed by atoms with Crippen LogP contribution in [0.2, 0.25) is 5.02 Å². The molecule has 0 saturated heterocycles. The van der Waals surface area contributed by atoms with Gasteiger partial charge in [0.2, 0.25) is 10.0 Å². The van der Waals surface area contributed by atoms with Crippen molar-refractivity contribution in [2.45, 2.75) is 62.6 Å². The zero-order chi connectivity index (χ0) is 24.4. The van der Waals surface area contributed by atoms with Crippen LogP contribution in [0.1, 0.15) is 49.8 Å². The van der Waals surface area contributed by atoms with Gasteiger partial charge in [-0.3, -0.25) is 0 Å². The molecule has 1 atom stereocenters. The van der Waals surface area contributed by atoms with Gasteiger partial charge in [0.25, 0.3) is 0 Å². The third-order valence-electron chi connectivity index (χ3n) is 7.31. The SMILES string of the molecule is O=S(=O)(c1ccc(Cl)c(F)c1)N1Cc2ccccc2N(Cc2cnc[nH]2)C(CCC2CCCC2)C1. The van der Waals surface area contributed by atoms with Gasteiger partial charge in [0.1, 0.15) is 5.82 Å². The zero-order valence-electron chi connectivity index (χ0n) is 19.5. The van der Waals surface area contributed by atoms with E-state index in [0.29, 0.717) is 19.0 Å². The van der Waals surface area contributed by atoms with E-state index in [1.807, 2.05) is 24.4 Å². The molecule has 0 radical (unpaired) electrons. The molecular weight excluding hydrogens is 487 g/mol. The first-order valence-electron chi connectivity index (χ1n) is 12.2. The second-order valence-corrected chi connectivity index (χ2v) is 11.9. The predicted molar refractivity (Wildman–Crippen MR) is 135 cm³/mol. The molecular formula is C26H30ClFN4O2S. The number of aromatic amines is 1. The number of sulfonamides is 1. The minimum Gasteiger partial charge on any atom is -0.361 e. The fourth-order valence-electron chi connectivity index (χ4n) is 5.42. The van der Waals surface area contributed by atoms with E-state index >= 15 is 0 Å². The van der Waals surface area contributed by atoms with E-state index in [0.717, 1.165) is 35.9 Å². The summed E-state index contributed by atoms with van der Waals surface area (Å²) in [6.07, 6.45) is 10.5. The van der Waals surface area contributed by atoms with E-state index < -0.39 is 15.8 Å². The summed E-state index contributed by atoms with van der Waals surface area (Å²) in [7, 11) is -3.94. The van der Waals surface area contributed by atoms with E-state index in [9.17, 15) is 12.8 Å². The average Bonchev–Trinajstić information content (AvgIpc) is 3.53. The standard InChI is InChI=1S/C26H30ClFN4O2S/c27-24-12-11-23(13-25(24)28)35(33,34)31-15-20-7-3-4-8-26(20)32(16-21-14-29-18-30-21)22(17-31)10-9-19-5-1-2-6-19/h3-4,7-8,11-14,18-19,22H,1-2,5-6,9-10,15-17H2,(H,29,30). The monoisotopic (exact) mass is 516 g/mol. The Morgan fingerprint density at radius 3 is 2.66 bits per heavy atom. The highest BCUT2D eigenvalue weighted by Gasteiger charge is 2.35. The second-order valence-electron chi connectivity index (χ2n) is 9.59. The number of para-hydroxylation sites is 1. The largest absolute Gasteiger partial charge is 0.361 e. The smallest absolute Gasteiger partial charge is 0.243 e. The van der Waals surface area contributed by atoms with Gasteiger partial charge < -0.3 is 9.88 Å². The first-order valence-corrected chi connectivity index (χ1v) is 14.0. The van der Waals surface area contributed by atoms with E-state index in [1.165, 1.54) is 42.1 Å². The van der Waals surface area contributed by atoms with Crippen LogP contribution in [-0.2, 0) is 23.1 Å². The molecule has 6 nitrogen and oxygen atoms in total. The number of rotatable bonds is 7. The Kier molecular flexibility index (Phi) is 7.14. The van der Waals surface area contributed by atoms with Crippen molar-refractivity contribution in [2.24, 2.45) is 5.92 Å². The van der Waals surface area contributed by atoms with Crippen LogP contribution in [0.25, 0.3) is 0 Å². The lowest BCUT2D eigenvalue weighted by Gasteiger charge is -2.34. The summed E-state index contributed by atoms with van der Waals surface area (Å²) in [5.74, 6) is -0.0421. The third kappa shape index (κ3) is 5.25. The number of nitrogens with one attached hydrogen (secondary N) is 1. The molecule has 0 spiro atoms. The molecule has 2 aliphatic rings. The van der Waals surface area contributed by atoms with E-state index in [1.54, 1.807) is 6.33 Å². The molecule has 5 rings (SSSR count). The second kappa shape index (κ2) is 10.3. The highest BCUT2D eigenvalue weighted by molar-refractivity contribution is 7.89. The van der Waals surface area contributed by atoms with Crippen LogP contribution in [0.4, 0.5) is 10.1 Å². The van der Waals surface area contributed by atoms with Gasteiger partial charge in [-0.15, -0.1) is 0 Å². The molecule has 1 aliphatic carbocycles. The lowest BCUT2D eigenvalue weighted by molar-refractivity contribution is 0.350. The van der Waals surface area contributed by atoms with Crippen molar-refractivity contribution < 1.29 is 12.8 Å². The maximum atomic E-state index is 14.2. The Morgan fingerprint density at radius 1 is 1.11 bits per heavy atom. The van der Waals surface area contributed by atoms with Crippen LogP contribution >= 0.6 is 11.6 Å². The highest BCUT2D eigenvalue weighted by atomic mass is 35.5. The van der Waals surface area contributed by atoms with Gasteiger partial charge in [-0.25, -0.2) is 17.8 Å². The van der Waals surface area contributed by atoms with Crippen LogP contribution in [-0.4, -0.2) is 35.3 Å². The number of anilines is 1. The number of aromatic nitrogens is 2. The van der Waals surface area contributed by atoms with Crippen molar-refractivity contribution in [1.29, 1.82) is 0 Å². The molecule has 1 saturated carbocycles. The van der Waals surface area contributed by atoms with Gasteiger partial charge in [-0.05, 0) is 48.6 Å². The summed E-state index contributed by atoms with van der Waals surface area (Å²) >= 11 is 5.82. The van der Waals surface area contributed by atoms with Crippen LogP contribution in [0.15, 0.2) is 59.9 Å². The van der Waals surface area contributed by atoms with Crippen LogP contribution in [0, 0.1) is 11.7 Å². The maximum absolute atomic E-state index is 14.2. The fraction of sp³-hybridized carbons (Fsp3) is 0.423. The quantitative estimate of drug-likeness (QED) is 0.434. The lowest BCUT2D eigenvalue weighted by atomic mass is 9.97. The molecule has 0 amide bonds. The van der Waals surface area contributed by atoms with Gasteiger partial charge in [0, 0.05) is 31.0 Å². The minimum atomic E-state index is -3.94. The highest BCUT2D eigenvalue weighted by Crippen LogP contribution is 2.36. The minimum absolute atomic E-state index is 0.0329. The summed E-state index contributed by atoms with van der Waals surface area (Å²) in [4.78, 5) is 9.61. The Bertz CT molecular complexity index is 1260. The fourth-order valence-corrected chi connectivity index (χ4v) is 7.01. The van der Waals surface area contributed by atoms with Gasteiger partial charge in [0.05, 0.1) is 28.5 Å². The van der Waals surface area contributed by atoms with Crippen molar-refractivity contribution in [3.63, 3.8) is 0 Å². The predicted octanol–water partition coefficient (Wildman–Crippen LogP) is 5.75. The maximum Gasteiger partial charge on any atom is 0.243 e. The molecule has 1 fully saturated rings. The molecule has 9 heteroatoms. The Labute approximate surface area is 211 Å². The van der Waals surface area contributed by atoms with Crippen LogP contribution in [0.5, 0.6) is 0 Å². The van der Waals surface area contributed by atoms with Crippen molar-refractivity contribution >= 4 is 27.3 Å². The van der Waals surface area contributed by atoms with E-state index in [-0.39, 0.29) is 22.5 Å². The Morgan fingerprint density at radius 2 is 1.91 bits per heavy atom. The Balaban J connectivity index is 1.52. The van der Waals surface area contributed by atoms with Gasteiger partial charge in [0.15, 0.2) is 0 Å². The van der Waals surface area contributed by atoms with Crippen LogP contribution in [0.3, 0.4) is 0 Å². The first-order chi connectivity index (χ1) is 16.9. The number of hydrogen-bond acceptors (Lipinski definition) is 4. The first kappa shape index (κ1) is 24.3. The number of H-pyrrole nitrogens is 1. The van der Waals surface area contributed by atoms with E-state index in [2.05, 4.69) is 20.9 Å². The summed E-state index contributed by atoms with van der Waals surface area (Å²) in [5.41, 5.74) is 2.92. The summed E-state index contributed by atoms with van der Waals surface area (Å²) in [5, 5.41) is -0.0923. The molecule has 2 heterocycles. The summed E-state index contributed by atoms with van der Waals surface area (Å²) < 4.78 is 43.2. The Hall–Kier alpha value is -2.42. The molecule has 3 aromatic rings. The average molecular weight is 517 g/mol. The molecule has 1 aromatic heterocycles. The number of imidazole rings is 1. The van der Waals surface area contributed by atoms with Crippen molar-refractivity contribution in [3.05, 3.63) is 77.1 Å². The number of hydrogen-bond donors (Lipinski definition) is 1.